The number of nitro benzene ring substituents is 1. The summed E-state index contributed by atoms with van der Waals surface area (Å²) >= 11 is 2.02. The van der Waals surface area contributed by atoms with Crippen LogP contribution in [0, 0.1) is 23.0 Å². The normalized spacial score (nSPS) is 20.7. The third-order valence-corrected chi connectivity index (χ3v) is 6.64. The Kier molecular flexibility index (Phi) is 6.90. The summed E-state index contributed by atoms with van der Waals surface area (Å²) in [5.41, 5.74) is 0.878. The highest BCUT2D eigenvalue weighted by molar-refractivity contribution is 7.99. The van der Waals surface area contributed by atoms with E-state index in [0.29, 0.717) is 29.8 Å². The van der Waals surface area contributed by atoms with Crippen LogP contribution in [-0.4, -0.2) is 58.8 Å². The van der Waals surface area contributed by atoms with Gasteiger partial charge in [0.2, 0.25) is 0 Å². The standard InChI is InChI=1S/C19H26N4O4S/c1-13-10-15(23(26)27)2-3-17(13)21-19(25)18(24)20-11-14-4-7-22(8-5-14)16-6-9-28-12-16/h2-3,10,14,16H,4-9,11-12H2,1H3,(H,20,24)(H,21,25). The quantitative estimate of drug-likeness (QED) is 0.441. The lowest BCUT2D eigenvalue weighted by molar-refractivity contribution is -0.384. The minimum Gasteiger partial charge on any atom is -0.348 e. The number of benzene rings is 1. The molecule has 2 amide bonds. The first-order valence-electron chi connectivity index (χ1n) is 9.60. The Morgan fingerprint density at radius 2 is 2.00 bits per heavy atom. The lowest BCUT2D eigenvalue weighted by atomic mass is 9.95. The van der Waals surface area contributed by atoms with Gasteiger partial charge in [0, 0.05) is 36.2 Å². The van der Waals surface area contributed by atoms with Crippen LogP contribution < -0.4 is 10.6 Å². The van der Waals surface area contributed by atoms with Crippen molar-refractivity contribution in [2.24, 2.45) is 5.92 Å². The van der Waals surface area contributed by atoms with Crippen molar-refractivity contribution < 1.29 is 14.5 Å². The average Bonchev–Trinajstić information content (AvgIpc) is 3.22. The van der Waals surface area contributed by atoms with Crippen LogP contribution in [0.2, 0.25) is 0 Å². The smallest absolute Gasteiger partial charge is 0.313 e. The lowest BCUT2D eigenvalue weighted by Crippen LogP contribution is -2.45. The molecule has 1 atom stereocenters. The van der Waals surface area contributed by atoms with E-state index in [-0.39, 0.29) is 5.69 Å². The number of nitrogens with zero attached hydrogens (tertiary/aromatic N) is 2. The van der Waals surface area contributed by atoms with E-state index in [9.17, 15) is 19.7 Å². The summed E-state index contributed by atoms with van der Waals surface area (Å²) in [5.74, 6) is 1.45. The molecule has 0 aliphatic carbocycles. The fourth-order valence-corrected chi connectivity index (χ4v) is 4.99. The van der Waals surface area contributed by atoms with Crippen LogP contribution in [-0.2, 0) is 9.59 Å². The van der Waals surface area contributed by atoms with E-state index in [4.69, 9.17) is 0 Å². The Labute approximate surface area is 168 Å². The number of carbonyl (C=O) groups excluding carboxylic acids is 2. The van der Waals surface area contributed by atoms with Crippen LogP contribution >= 0.6 is 11.8 Å². The van der Waals surface area contributed by atoms with Crippen molar-refractivity contribution in [3.05, 3.63) is 33.9 Å². The molecule has 2 saturated heterocycles. The molecule has 3 rings (SSSR count). The number of hydrogen-bond acceptors (Lipinski definition) is 6. The second-order valence-electron chi connectivity index (χ2n) is 7.42. The fraction of sp³-hybridized carbons (Fsp3) is 0.579. The van der Waals surface area contributed by atoms with Crippen molar-refractivity contribution in [3.63, 3.8) is 0 Å². The molecule has 2 aliphatic rings. The zero-order chi connectivity index (χ0) is 20.1. The van der Waals surface area contributed by atoms with Gasteiger partial charge in [-0.2, -0.15) is 11.8 Å². The number of carbonyl (C=O) groups is 2. The van der Waals surface area contributed by atoms with Gasteiger partial charge in [0.15, 0.2) is 0 Å². The SMILES string of the molecule is Cc1cc([N+](=O)[O-])ccc1NC(=O)C(=O)NCC1CCN(C2CCSC2)CC1. The number of non-ortho nitro benzene ring substituents is 1. The third-order valence-electron chi connectivity index (χ3n) is 5.50. The zero-order valence-electron chi connectivity index (χ0n) is 16.0. The molecule has 1 aromatic rings. The third kappa shape index (κ3) is 5.23. The predicted octanol–water partition coefficient (Wildman–Crippen LogP) is 2.18. The van der Waals surface area contributed by atoms with E-state index in [0.717, 1.165) is 25.9 Å². The highest BCUT2D eigenvalue weighted by atomic mass is 32.2. The molecule has 0 aromatic heterocycles. The van der Waals surface area contributed by atoms with Crippen LogP contribution in [0.4, 0.5) is 11.4 Å². The highest BCUT2D eigenvalue weighted by Crippen LogP contribution is 2.26. The summed E-state index contributed by atoms with van der Waals surface area (Å²) in [5, 5.41) is 16.0. The first-order valence-corrected chi connectivity index (χ1v) is 10.8. The van der Waals surface area contributed by atoms with Gasteiger partial charge in [0.05, 0.1) is 4.92 Å². The Balaban J connectivity index is 1.42. The second kappa shape index (κ2) is 9.38. The summed E-state index contributed by atoms with van der Waals surface area (Å²) < 4.78 is 0. The van der Waals surface area contributed by atoms with Crippen molar-refractivity contribution in [3.8, 4) is 0 Å². The maximum Gasteiger partial charge on any atom is 0.313 e. The van der Waals surface area contributed by atoms with E-state index < -0.39 is 16.7 Å². The number of nitro groups is 1. The van der Waals surface area contributed by atoms with Gasteiger partial charge in [-0.05, 0) is 62.6 Å². The highest BCUT2D eigenvalue weighted by Gasteiger charge is 2.28. The Bertz CT molecular complexity index is 743. The number of hydrogen-bond donors (Lipinski definition) is 2. The largest absolute Gasteiger partial charge is 0.348 e. The van der Waals surface area contributed by atoms with E-state index in [2.05, 4.69) is 15.5 Å². The topological polar surface area (TPSA) is 105 Å². The minimum absolute atomic E-state index is 0.0532. The van der Waals surface area contributed by atoms with Crippen molar-refractivity contribution in [1.29, 1.82) is 0 Å². The van der Waals surface area contributed by atoms with E-state index in [1.807, 2.05) is 11.8 Å². The van der Waals surface area contributed by atoms with Gasteiger partial charge >= 0.3 is 11.8 Å². The zero-order valence-corrected chi connectivity index (χ0v) is 16.8. The number of aryl methyl sites for hydroxylation is 1. The molecule has 152 valence electrons. The average molecular weight is 407 g/mol. The minimum atomic E-state index is -0.752. The molecule has 0 bridgehead atoms. The van der Waals surface area contributed by atoms with Gasteiger partial charge in [-0.15, -0.1) is 0 Å². The summed E-state index contributed by atoms with van der Waals surface area (Å²) in [4.78, 5) is 37.1. The van der Waals surface area contributed by atoms with Gasteiger partial charge in [-0.25, -0.2) is 0 Å². The summed E-state index contributed by atoms with van der Waals surface area (Å²) in [6, 6.07) is 4.81. The van der Waals surface area contributed by atoms with Crippen LogP contribution in [0.1, 0.15) is 24.8 Å². The maximum atomic E-state index is 12.1. The molecule has 2 fully saturated rings. The van der Waals surface area contributed by atoms with Gasteiger partial charge < -0.3 is 10.6 Å². The number of thioether (sulfide) groups is 1. The molecular weight excluding hydrogens is 380 g/mol. The number of rotatable bonds is 5. The second-order valence-corrected chi connectivity index (χ2v) is 8.57. The number of piperidine rings is 1. The molecule has 1 aromatic carbocycles. The van der Waals surface area contributed by atoms with E-state index >= 15 is 0 Å². The molecule has 0 radical (unpaired) electrons. The monoisotopic (exact) mass is 406 g/mol. The molecule has 9 heteroatoms. The number of amides is 2. The Morgan fingerprint density at radius 1 is 1.25 bits per heavy atom. The number of nitrogens with one attached hydrogen (secondary N) is 2. The van der Waals surface area contributed by atoms with Crippen molar-refractivity contribution in [2.45, 2.75) is 32.2 Å². The van der Waals surface area contributed by atoms with Crippen LogP contribution in [0.15, 0.2) is 18.2 Å². The molecule has 2 heterocycles. The van der Waals surface area contributed by atoms with E-state index in [1.54, 1.807) is 6.92 Å². The van der Waals surface area contributed by atoms with Gasteiger partial charge in [-0.1, -0.05) is 0 Å². The molecule has 2 N–H and O–H groups in total. The van der Waals surface area contributed by atoms with Gasteiger partial charge in [-0.3, -0.25) is 24.6 Å². The summed E-state index contributed by atoms with van der Waals surface area (Å²) in [6.07, 6.45) is 3.34. The van der Waals surface area contributed by atoms with Crippen LogP contribution in [0.5, 0.6) is 0 Å². The summed E-state index contributed by atoms with van der Waals surface area (Å²) in [6.45, 7) is 4.26. The van der Waals surface area contributed by atoms with Crippen molar-refractivity contribution in [1.82, 2.24) is 10.2 Å². The molecule has 1 unspecified atom stereocenters. The van der Waals surface area contributed by atoms with E-state index in [1.165, 1.54) is 36.1 Å². The molecule has 28 heavy (non-hydrogen) atoms. The molecule has 2 aliphatic heterocycles. The predicted molar refractivity (Wildman–Crippen MR) is 109 cm³/mol. The number of likely N-dealkylation sites (tertiary alicyclic amines) is 1. The first-order chi connectivity index (χ1) is 13.4. The molecule has 8 nitrogen and oxygen atoms in total. The first kappa shape index (κ1) is 20.6. The molecule has 0 spiro atoms. The Morgan fingerprint density at radius 3 is 2.61 bits per heavy atom. The lowest BCUT2D eigenvalue weighted by Gasteiger charge is -2.35. The van der Waals surface area contributed by atoms with Crippen LogP contribution in [0.3, 0.4) is 0 Å². The van der Waals surface area contributed by atoms with Crippen molar-refractivity contribution in [2.75, 3.05) is 36.5 Å². The molecular formula is C19H26N4O4S. The number of anilines is 1. The molecule has 0 saturated carbocycles. The fourth-order valence-electron chi connectivity index (χ4n) is 3.73. The van der Waals surface area contributed by atoms with Gasteiger partial charge in [0.1, 0.15) is 0 Å². The van der Waals surface area contributed by atoms with Crippen LogP contribution in [0.25, 0.3) is 0 Å². The van der Waals surface area contributed by atoms with Crippen molar-refractivity contribution >= 4 is 35.0 Å². The maximum absolute atomic E-state index is 12.1. The summed E-state index contributed by atoms with van der Waals surface area (Å²) in [7, 11) is 0. The Hall–Kier alpha value is -2.13. The van der Waals surface area contributed by atoms with Gasteiger partial charge in [0.25, 0.3) is 5.69 Å².